The highest BCUT2D eigenvalue weighted by Crippen LogP contribution is 2.61. The number of ketones is 1. The summed E-state index contributed by atoms with van der Waals surface area (Å²) in [5, 5.41) is 14.7. The van der Waals surface area contributed by atoms with Crippen molar-refractivity contribution in [3.05, 3.63) is 98.0 Å². The zero-order valence-corrected chi connectivity index (χ0v) is 21.6. The molecular weight excluding hydrogens is 538 g/mol. The molecule has 3 aromatic carbocycles. The maximum absolute atomic E-state index is 14.5. The van der Waals surface area contributed by atoms with Gasteiger partial charge in [0.05, 0.1) is 18.0 Å². The van der Waals surface area contributed by atoms with Crippen molar-refractivity contribution in [1.82, 2.24) is 4.90 Å². The molecule has 37 heavy (non-hydrogen) atoms. The second-order valence-corrected chi connectivity index (χ2v) is 10.7. The second kappa shape index (κ2) is 8.78. The Balaban J connectivity index is 1.62. The number of nitro benzene ring substituents is 1. The highest BCUT2D eigenvalue weighted by molar-refractivity contribution is 9.10. The molecule has 2 saturated heterocycles. The lowest BCUT2D eigenvalue weighted by Gasteiger charge is -2.37. The van der Waals surface area contributed by atoms with Crippen molar-refractivity contribution in [2.45, 2.75) is 30.3 Å². The van der Waals surface area contributed by atoms with E-state index in [0.29, 0.717) is 34.7 Å². The number of rotatable bonds is 5. The minimum absolute atomic E-state index is 0.0317. The standard InChI is InChI=1S/C28H24BrN3O5/c1-37-20-11-12-22-21(15-20)28(27(34)30-22)25(26(33)16-7-9-18(29)10-8-16)24(23-6-3-13-31(23)28)17-4-2-5-19(14-17)32(35)36/h2,4-5,7-12,14-15,23-25H,3,6,13H2,1H3,(H,30,34)/t23?,24?,25?,28-/m1/s1. The topological polar surface area (TPSA) is 102 Å². The Morgan fingerprint density at radius 1 is 1.16 bits per heavy atom. The molecule has 1 spiro atoms. The Labute approximate surface area is 221 Å². The maximum Gasteiger partial charge on any atom is 0.269 e. The summed E-state index contributed by atoms with van der Waals surface area (Å²) in [7, 11) is 1.57. The van der Waals surface area contributed by atoms with Crippen LogP contribution >= 0.6 is 15.9 Å². The van der Waals surface area contributed by atoms with Crippen molar-refractivity contribution < 1.29 is 19.2 Å². The maximum atomic E-state index is 14.5. The van der Waals surface area contributed by atoms with Gasteiger partial charge in [0.2, 0.25) is 5.91 Å². The van der Waals surface area contributed by atoms with Crippen LogP contribution in [0.5, 0.6) is 5.75 Å². The van der Waals surface area contributed by atoms with Gasteiger partial charge in [0, 0.05) is 45.4 Å². The minimum Gasteiger partial charge on any atom is -0.497 e. The van der Waals surface area contributed by atoms with E-state index < -0.39 is 22.3 Å². The predicted octanol–water partition coefficient (Wildman–Crippen LogP) is 5.27. The van der Waals surface area contributed by atoms with E-state index in [2.05, 4.69) is 26.1 Å². The number of hydrogen-bond acceptors (Lipinski definition) is 6. The summed E-state index contributed by atoms with van der Waals surface area (Å²) in [6.45, 7) is 0.643. The van der Waals surface area contributed by atoms with Crippen LogP contribution in [-0.2, 0) is 10.3 Å². The first-order chi connectivity index (χ1) is 17.9. The lowest BCUT2D eigenvalue weighted by Crippen LogP contribution is -2.52. The number of Topliss-reactive ketones (excluding diaryl/α,β-unsaturated/α-hetero) is 1. The van der Waals surface area contributed by atoms with E-state index in [0.717, 1.165) is 17.3 Å². The van der Waals surface area contributed by atoms with Crippen LogP contribution in [0, 0.1) is 16.0 Å². The molecule has 9 heteroatoms. The van der Waals surface area contributed by atoms with Crippen molar-refractivity contribution in [2.75, 3.05) is 19.0 Å². The van der Waals surface area contributed by atoms with E-state index in [1.165, 1.54) is 6.07 Å². The fourth-order valence-electron chi connectivity index (χ4n) is 6.68. The lowest BCUT2D eigenvalue weighted by atomic mass is 9.68. The van der Waals surface area contributed by atoms with Gasteiger partial charge in [-0.25, -0.2) is 0 Å². The molecule has 1 amide bonds. The van der Waals surface area contributed by atoms with Crippen molar-refractivity contribution in [1.29, 1.82) is 0 Å². The molecular formula is C28H24BrN3O5. The normalized spacial score (nSPS) is 26.1. The number of ether oxygens (including phenoxy) is 1. The summed E-state index contributed by atoms with van der Waals surface area (Å²) in [5.41, 5.74) is 1.27. The summed E-state index contributed by atoms with van der Waals surface area (Å²) in [6.07, 6.45) is 1.65. The Morgan fingerprint density at radius 2 is 1.95 bits per heavy atom. The van der Waals surface area contributed by atoms with E-state index in [1.807, 2.05) is 30.3 Å². The highest BCUT2D eigenvalue weighted by Gasteiger charge is 2.69. The number of fused-ring (bicyclic) bond motifs is 4. The molecule has 2 fully saturated rings. The molecule has 3 unspecified atom stereocenters. The fraction of sp³-hybridized carbons (Fsp3) is 0.286. The van der Waals surface area contributed by atoms with E-state index in [9.17, 15) is 19.7 Å². The van der Waals surface area contributed by atoms with Crippen molar-refractivity contribution in [2.24, 2.45) is 5.92 Å². The number of carbonyl (C=O) groups excluding carboxylic acids is 2. The number of nitrogens with one attached hydrogen (secondary N) is 1. The van der Waals surface area contributed by atoms with Gasteiger partial charge in [-0.3, -0.25) is 24.6 Å². The Bertz CT molecular complexity index is 1440. The van der Waals surface area contributed by atoms with E-state index in [4.69, 9.17) is 4.74 Å². The zero-order valence-electron chi connectivity index (χ0n) is 20.0. The Morgan fingerprint density at radius 3 is 2.68 bits per heavy atom. The van der Waals surface area contributed by atoms with Crippen molar-refractivity contribution in [3.63, 3.8) is 0 Å². The molecule has 0 radical (unpaired) electrons. The molecule has 8 nitrogen and oxygen atoms in total. The van der Waals surface area contributed by atoms with Gasteiger partial charge in [-0.15, -0.1) is 0 Å². The smallest absolute Gasteiger partial charge is 0.269 e. The molecule has 188 valence electrons. The van der Waals surface area contributed by atoms with Gasteiger partial charge in [-0.1, -0.05) is 40.2 Å². The summed E-state index contributed by atoms with van der Waals surface area (Å²) in [5.74, 6) is -1.02. The molecule has 3 aromatic rings. The van der Waals surface area contributed by atoms with Crippen molar-refractivity contribution >= 4 is 39.0 Å². The third-order valence-electron chi connectivity index (χ3n) is 8.08. The molecule has 1 N–H and O–H groups in total. The zero-order chi connectivity index (χ0) is 25.9. The number of non-ortho nitro benzene ring substituents is 1. The lowest BCUT2D eigenvalue weighted by molar-refractivity contribution is -0.384. The average molecular weight is 562 g/mol. The monoisotopic (exact) mass is 561 g/mol. The summed E-state index contributed by atoms with van der Waals surface area (Å²) in [4.78, 5) is 42.0. The molecule has 0 aliphatic carbocycles. The third-order valence-corrected chi connectivity index (χ3v) is 8.61. The molecule has 0 saturated carbocycles. The Kier molecular flexibility index (Phi) is 5.65. The molecule has 4 atom stereocenters. The number of methoxy groups -OCH3 is 1. The van der Waals surface area contributed by atoms with Crippen LogP contribution in [0.25, 0.3) is 0 Å². The van der Waals surface area contributed by atoms with Crippen LogP contribution in [0.2, 0.25) is 0 Å². The van der Waals surface area contributed by atoms with Crippen molar-refractivity contribution in [3.8, 4) is 5.75 Å². The second-order valence-electron chi connectivity index (χ2n) is 9.76. The highest BCUT2D eigenvalue weighted by atomic mass is 79.9. The van der Waals surface area contributed by atoms with Gasteiger partial charge in [-0.2, -0.15) is 0 Å². The van der Waals surface area contributed by atoms with Crippen LogP contribution in [0.15, 0.2) is 71.2 Å². The molecule has 6 rings (SSSR count). The number of hydrogen-bond donors (Lipinski definition) is 1. The molecule has 3 aliphatic rings. The molecule has 3 aliphatic heterocycles. The largest absolute Gasteiger partial charge is 0.497 e. The molecule has 3 heterocycles. The van der Waals surface area contributed by atoms with Crippen LogP contribution < -0.4 is 10.1 Å². The van der Waals surface area contributed by atoms with E-state index in [1.54, 1.807) is 37.4 Å². The van der Waals surface area contributed by atoms with Gasteiger partial charge < -0.3 is 10.1 Å². The van der Waals surface area contributed by atoms with Crippen LogP contribution in [0.1, 0.15) is 40.2 Å². The average Bonchev–Trinajstić information content (AvgIpc) is 3.57. The summed E-state index contributed by atoms with van der Waals surface area (Å²) >= 11 is 3.43. The number of halogens is 1. The SMILES string of the molecule is COc1ccc2c(c1)[C@]1(C(=O)N2)C(C(=O)c2ccc(Br)cc2)C(c2cccc([N+](=O)[O-])c2)C2CCCN21. The number of amides is 1. The van der Waals surface area contributed by atoms with Gasteiger partial charge in [0.25, 0.3) is 5.69 Å². The fourth-order valence-corrected chi connectivity index (χ4v) is 6.94. The van der Waals surface area contributed by atoms with Gasteiger partial charge in [0.15, 0.2) is 5.78 Å². The van der Waals surface area contributed by atoms with E-state index in [-0.39, 0.29) is 23.4 Å². The number of nitrogens with zero attached hydrogens (tertiary/aromatic N) is 2. The quantitative estimate of drug-likeness (QED) is 0.258. The number of nitro groups is 1. The first kappa shape index (κ1) is 23.8. The van der Waals surface area contributed by atoms with Gasteiger partial charge in [0.1, 0.15) is 11.3 Å². The number of anilines is 1. The first-order valence-electron chi connectivity index (χ1n) is 12.2. The van der Waals surface area contributed by atoms with Crippen LogP contribution in [-0.4, -0.2) is 41.2 Å². The van der Waals surface area contributed by atoms with Crippen LogP contribution in [0.4, 0.5) is 11.4 Å². The summed E-state index contributed by atoms with van der Waals surface area (Å²) < 4.78 is 6.36. The first-order valence-corrected chi connectivity index (χ1v) is 13.0. The van der Waals surface area contributed by atoms with Gasteiger partial charge >= 0.3 is 0 Å². The predicted molar refractivity (Wildman–Crippen MR) is 141 cm³/mol. The summed E-state index contributed by atoms with van der Waals surface area (Å²) in [6, 6.07) is 19.0. The van der Waals surface area contributed by atoms with Crippen LogP contribution in [0.3, 0.4) is 0 Å². The molecule has 0 bridgehead atoms. The number of carbonyl (C=O) groups is 2. The Hall–Kier alpha value is -3.56. The third kappa shape index (κ3) is 3.44. The van der Waals surface area contributed by atoms with Gasteiger partial charge in [-0.05, 0) is 55.3 Å². The van der Waals surface area contributed by atoms with E-state index >= 15 is 0 Å². The molecule has 0 aromatic heterocycles. The number of benzene rings is 3. The minimum atomic E-state index is -1.26.